The first kappa shape index (κ1) is 17.6. The smallest absolute Gasteiger partial charge is 0.271 e. The fourth-order valence-electron chi connectivity index (χ4n) is 4.53. The van der Waals surface area contributed by atoms with Crippen LogP contribution >= 0.6 is 0 Å². The highest BCUT2D eigenvalue weighted by molar-refractivity contribution is 5.95. The van der Waals surface area contributed by atoms with Gasteiger partial charge in [0.25, 0.3) is 11.8 Å². The van der Waals surface area contributed by atoms with E-state index in [0.29, 0.717) is 17.0 Å². The second-order valence-corrected chi connectivity index (χ2v) is 7.78. The molecule has 2 atom stereocenters. The van der Waals surface area contributed by atoms with Gasteiger partial charge in [0.15, 0.2) is 0 Å². The van der Waals surface area contributed by atoms with Crippen molar-refractivity contribution < 1.29 is 9.59 Å². The molecule has 2 saturated carbocycles. The molecule has 7 nitrogen and oxygen atoms in total. The van der Waals surface area contributed by atoms with Crippen molar-refractivity contribution in [3.05, 3.63) is 53.9 Å². The Labute approximate surface area is 158 Å². The highest BCUT2D eigenvalue weighted by Gasteiger charge is 2.52. The summed E-state index contributed by atoms with van der Waals surface area (Å²) in [5.74, 6) is -0.268. The summed E-state index contributed by atoms with van der Waals surface area (Å²) in [6, 6.07) is 3.43. The van der Waals surface area contributed by atoms with Crippen molar-refractivity contribution in [3.63, 3.8) is 0 Å². The van der Waals surface area contributed by atoms with Crippen LogP contribution in [0.25, 0.3) is 0 Å². The van der Waals surface area contributed by atoms with E-state index in [9.17, 15) is 9.59 Å². The molecule has 27 heavy (non-hydrogen) atoms. The predicted molar refractivity (Wildman–Crippen MR) is 99.1 cm³/mol. The third-order valence-electron chi connectivity index (χ3n) is 5.76. The number of carbonyl (C=O) groups is 2. The van der Waals surface area contributed by atoms with Gasteiger partial charge in [-0.05, 0) is 57.6 Å². The molecule has 2 fully saturated rings. The second kappa shape index (κ2) is 6.72. The van der Waals surface area contributed by atoms with Gasteiger partial charge < -0.3 is 10.6 Å². The number of aryl methyl sites for hydroxylation is 1. The van der Waals surface area contributed by atoms with E-state index in [2.05, 4.69) is 25.6 Å². The molecule has 2 aliphatic rings. The van der Waals surface area contributed by atoms with Crippen LogP contribution in [-0.2, 0) is 0 Å². The molecule has 2 aliphatic carbocycles. The standard InChI is InChI=1S/C20H23N5O2/c1-14-11-22-12-16(23-14)18(27)25-20-6-2-5-19(13-20,7-8-20)24-17(26)15-3-9-21-10-4-15/h3-4,9-12H,2,5-8,13H2,1H3,(H,24,26)(H,25,27). The zero-order chi connectivity index (χ0) is 18.9. The van der Waals surface area contributed by atoms with Crippen LogP contribution in [0.5, 0.6) is 0 Å². The summed E-state index contributed by atoms with van der Waals surface area (Å²) < 4.78 is 0. The number of hydrogen-bond donors (Lipinski definition) is 2. The van der Waals surface area contributed by atoms with Gasteiger partial charge in [-0.1, -0.05) is 0 Å². The lowest BCUT2D eigenvalue weighted by molar-refractivity contribution is 0.0829. The summed E-state index contributed by atoms with van der Waals surface area (Å²) in [6.07, 6.45) is 11.7. The van der Waals surface area contributed by atoms with E-state index in [0.717, 1.165) is 38.5 Å². The molecule has 0 aliphatic heterocycles. The van der Waals surface area contributed by atoms with Gasteiger partial charge in [-0.2, -0.15) is 0 Å². The molecule has 2 N–H and O–H groups in total. The van der Waals surface area contributed by atoms with E-state index in [1.165, 1.54) is 6.20 Å². The van der Waals surface area contributed by atoms with Gasteiger partial charge in [0, 0.05) is 35.2 Å². The van der Waals surface area contributed by atoms with Gasteiger partial charge in [-0.15, -0.1) is 0 Å². The van der Waals surface area contributed by atoms with Crippen LogP contribution < -0.4 is 10.6 Å². The number of rotatable bonds is 4. The van der Waals surface area contributed by atoms with Crippen LogP contribution in [0.1, 0.15) is 65.1 Å². The van der Waals surface area contributed by atoms with E-state index < -0.39 is 0 Å². The molecule has 2 aromatic rings. The lowest BCUT2D eigenvalue weighted by Crippen LogP contribution is -2.55. The molecule has 2 amide bonds. The van der Waals surface area contributed by atoms with Gasteiger partial charge in [0.05, 0.1) is 11.9 Å². The van der Waals surface area contributed by atoms with Gasteiger partial charge in [0.2, 0.25) is 0 Å². The Balaban J connectivity index is 1.48. The number of pyridine rings is 1. The van der Waals surface area contributed by atoms with Gasteiger partial charge in [-0.3, -0.25) is 19.6 Å². The molecule has 2 aromatic heterocycles. The van der Waals surface area contributed by atoms with Crippen molar-refractivity contribution in [2.45, 2.75) is 56.5 Å². The third kappa shape index (κ3) is 3.54. The molecular weight excluding hydrogens is 342 g/mol. The average Bonchev–Trinajstić information content (AvgIpc) is 2.92. The SMILES string of the molecule is Cc1cncc(C(=O)NC23CCCC(NC(=O)c4ccncc4)(CC2)C3)n1. The number of nitrogens with one attached hydrogen (secondary N) is 2. The summed E-state index contributed by atoms with van der Waals surface area (Å²) in [7, 11) is 0. The van der Waals surface area contributed by atoms with Gasteiger partial charge >= 0.3 is 0 Å². The van der Waals surface area contributed by atoms with Crippen LogP contribution in [0.3, 0.4) is 0 Å². The second-order valence-electron chi connectivity index (χ2n) is 7.78. The highest BCUT2D eigenvalue weighted by Crippen LogP contribution is 2.48. The fraction of sp³-hybridized carbons (Fsp3) is 0.450. The molecule has 2 unspecified atom stereocenters. The van der Waals surface area contributed by atoms with Crippen LogP contribution in [-0.4, -0.2) is 37.8 Å². The van der Waals surface area contributed by atoms with E-state index in [1.54, 1.807) is 30.7 Å². The molecule has 140 valence electrons. The largest absolute Gasteiger partial charge is 0.347 e. The summed E-state index contributed by atoms with van der Waals surface area (Å²) >= 11 is 0. The first-order valence-corrected chi connectivity index (χ1v) is 9.33. The lowest BCUT2D eigenvalue weighted by Gasteiger charge is -2.40. The van der Waals surface area contributed by atoms with Crippen molar-refractivity contribution in [1.82, 2.24) is 25.6 Å². The summed E-state index contributed by atoms with van der Waals surface area (Å²) in [4.78, 5) is 37.6. The minimum atomic E-state index is -0.285. The monoisotopic (exact) mass is 365 g/mol. The molecule has 0 aromatic carbocycles. The molecule has 0 spiro atoms. The van der Waals surface area contributed by atoms with Crippen LogP contribution in [0.4, 0.5) is 0 Å². The maximum Gasteiger partial charge on any atom is 0.271 e. The average molecular weight is 365 g/mol. The maximum atomic E-state index is 12.7. The Morgan fingerprint density at radius 2 is 1.59 bits per heavy atom. The Kier molecular flexibility index (Phi) is 4.37. The van der Waals surface area contributed by atoms with Crippen LogP contribution in [0.15, 0.2) is 36.9 Å². The molecule has 4 rings (SSSR count). The minimum absolute atomic E-state index is 0.0778. The molecular formula is C20H23N5O2. The predicted octanol–water partition coefficient (Wildman–Crippen LogP) is 2.19. The molecule has 2 bridgehead atoms. The number of carbonyl (C=O) groups excluding carboxylic acids is 2. The van der Waals surface area contributed by atoms with Crippen molar-refractivity contribution in [3.8, 4) is 0 Å². The quantitative estimate of drug-likeness (QED) is 0.866. The summed E-state index contributed by atoms with van der Waals surface area (Å²) in [5.41, 5.74) is 1.13. The molecule has 0 saturated heterocycles. The van der Waals surface area contributed by atoms with E-state index in [4.69, 9.17) is 0 Å². The van der Waals surface area contributed by atoms with Crippen molar-refractivity contribution in [2.75, 3.05) is 0 Å². The Hall–Kier alpha value is -2.83. The third-order valence-corrected chi connectivity index (χ3v) is 5.76. The number of nitrogens with zero attached hydrogens (tertiary/aromatic N) is 3. The topological polar surface area (TPSA) is 96.9 Å². The van der Waals surface area contributed by atoms with Crippen molar-refractivity contribution in [1.29, 1.82) is 0 Å². The molecule has 7 heteroatoms. The fourth-order valence-corrected chi connectivity index (χ4v) is 4.53. The Morgan fingerprint density at radius 3 is 2.26 bits per heavy atom. The zero-order valence-corrected chi connectivity index (χ0v) is 15.4. The van der Waals surface area contributed by atoms with Crippen LogP contribution in [0.2, 0.25) is 0 Å². The highest BCUT2D eigenvalue weighted by atomic mass is 16.2. The number of aromatic nitrogens is 3. The molecule has 0 radical (unpaired) electrons. The first-order valence-electron chi connectivity index (χ1n) is 9.33. The van der Waals surface area contributed by atoms with E-state index >= 15 is 0 Å². The lowest BCUT2D eigenvalue weighted by atomic mass is 9.78. The summed E-state index contributed by atoms with van der Waals surface area (Å²) in [6.45, 7) is 1.82. The maximum absolute atomic E-state index is 12.7. The molecule has 2 heterocycles. The zero-order valence-electron chi connectivity index (χ0n) is 15.4. The van der Waals surface area contributed by atoms with E-state index in [1.807, 2.05) is 6.92 Å². The Morgan fingerprint density at radius 1 is 0.926 bits per heavy atom. The summed E-state index contributed by atoms with van der Waals surface area (Å²) in [5, 5.41) is 6.44. The van der Waals surface area contributed by atoms with Crippen LogP contribution in [0, 0.1) is 6.92 Å². The van der Waals surface area contributed by atoms with E-state index in [-0.39, 0.29) is 22.9 Å². The van der Waals surface area contributed by atoms with Gasteiger partial charge in [0.1, 0.15) is 5.69 Å². The van der Waals surface area contributed by atoms with Crippen molar-refractivity contribution in [2.24, 2.45) is 0 Å². The number of fused-ring (bicyclic) bond motifs is 2. The number of amides is 2. The Bertz CT molecular complexity index is 872. The minimum Gasteiger partial charge on any atom is -0.347 e. The first-order chi connectivity index (χ1) is 13.0. The number of hydrogen-bond acceptors (Lipinski definition) is 5. The normalized spacial score (nSPS) is 26.4. The van der Waals surface area contributed by atoms with Crippen molar-refractivity contribution >= 4 is 11.8 Å². The van der Waals surface area contributed by atoms with Gasteiger partial charge in [-0.25, -0.2) is 4.98 Å².